The Labute approximate surface area is 132 Å². The van der Waals surface area contributed by atoms with Crippen molar-refractivity contribution < 1.29 is 14.7 Å². The predicted octanol–water partition coefficient (Wildman–Crippen LogP) is 2.85. The maximum atomic E-state index is 12.6. The molecule has 1 heterocycles. The molecule has 5 heteroatoms. The Bertz CT molecular complexity index is 451. The number of amides is 2. The van der Waals surface area contributed by atoms with Crippen LogP contribution in [0, 0.1) is 17.3 Å². The van der Waals surface area contributed by atoms with E-state index in [1.807, 2.05) is 4.90 Å². The van der Waals surface area contributed by atoms with Gasteiger partial charge in [0, 0.05) is 24.0 Å². The van der Waals surface area contributed by atoms with Gasteiger partial charge in [-0.1, -0.05) is 20.3 Å². The first-order valence-electron chi connectivity index (χ1n) is 8.73. The monoisotopic (exact) mass is 308 g/mol. The summed E-state index contributed by atoms with van der Waals surface area (Å²) in [4.78, 5) is 25.6. The zero-order valence-electron chi connectivity index (χ0n) is 13.7. The second kappa shape index (κ2) is 5.74. The van der Waals surface area contributed by atoms with Gasteiger partial charge in [0.15, 0.2) is 0 Å². The minimum Gasteiger partial charge on any atom is -0.481 e. The van der Waals surface area contributed by atoms with Gasteiger partial charge in [-0.15, -0.1) is 0 Å². The van der Waals surface area contributed by atoms with Gasteiger partial charge in [-0.3, -0.25) is 4.79 Å². The van der Waals surface area contributed by atoms with E-state index in [1.54, 1.807) is 0 Å². The number of nitrogens with zero attached hydrogens (tertiary/aromatic N) is 1. The molecular formula is C17H28N2O3. The number of carboxylic acid groups (broad SMARTS) is 1. The van der Waals surface area contributed by atoms with Crippen molar-refractivity contribution in [2.75, 3.05) is 6.54 Å². The fourth-order valence-corrected chi connectivity index (χ4v) is 4.84. The van der Waals surface area contributed by atoms with Crippen molar-refractivity contribution in [1.82, 2.24) is 10.2 Å². The molecule has 1 saturated heterocycles. The predicted molar refractivity (Wildman–Crippen MR) is 83.5 cm³/mol. The van der Waals surface area contributed by atoms with Gasteiger partial charge in [0.05, 0.1) is 5.92 Å². The highest BCUT2D eigenvalue weighted by molar-refractivity contribution is 5.76. The van der Waals surface area contributed by atoms with Gasteiger partial charge >= 0.3 is 12.0 Å². The molecule has 2 amide bonds. The number of hydrogen-bond donors (Lipinski definition) is 2. The zero-order chi connectivity index (χ0) is 15.9. The highest BCUT2D eigenvalue weighted by atomic mass is 16.4. The molecule has 0 bridgehead atoms. The van der Waals surface area contributed by atoms with Crippen LogP contribution < -0.4 is 5.32 Å². The van der Waals surface area contributed by atoms with Crippen molar-refractivity contribution in [1.29, 1.82) is 0 Å². The average Bonchev–Trinajstić information content (AvgIpc) is 2.35. The van der Waals surface area contributed by atoms with E-state index in [9.17, 15) is 9.59 Å². The van der Waals surface area contributed by atoms with E-state index in [2.05, 4.69) is 19.2 Å². The molecule has 2 N–H and O–H groups in total. The molecule has 2 aliphatic carbocycles. The number of rotatable bonds is 3. The zero-order valence-corrected chi connectivity index (χ0v) is 13.7. The molecule has 22 heavy (non-hydrogen) atoms. The van der Waals surface area contributed by atoms with Crippen molar-refractivity contribution in [3.05, 3.63) is 0 Å². The highest BCUT2D eigenvalue weighted by Crippen LogP contribution is 2.55. The van der Waals surface area contributed by atoms with E-state index in [0.29, 0.717) is 30.2 Å². The molecule has 1 aliphatic heterocycles. The number of likely N-dealkylation sites (tertiary alicyclic amines) is 1. The minimum atomic E-state index is -0.695. The molecule has 1 spiro atoms. The van der Waals surface area contributed by atoms with Crippen molar-refractivity contribution in [2.45, 2.75) is 70.9 Å². The maximum Gasteiger partial charge on any atom is 0.317 e. The fourth-order valence-electron chi connectivity index (χ4n) is 4.84. The third kappa shape index (κ3) is 2.59. The lowest BCUT2D eigenvalue weighted by molar-refractivity contribution is -0.142. The maximum absolute atomic E-state index is 12.6. The lowest BCUT2D eigenvalue weighted by Gasteiger charge is -2.64. The number of carbonyl (C=O) groups excluding carboxylic acids is 1. The minimum absolute atomic E-state index is 0.0648. The number of aliphatic carboxylic acids is 1. The topological polar surface area (TPSA) is 69.6 Å². The summed E-state index contributed by atoms with van der Waals surface area (Å²) in [6.45, 7) is 5.33. The molecule has 124 valence electrons. The van der Waals surface area contributed by atoms with E-state index in [-0.39, 0.29) is 18.0 Å². The first-order chi connectivity index (χ1) is 10.4. The Morgan fingerprint density at radius 2 is 1.82 bits per heavy atom. The lowest BCUT2D eigenvalue weighted by atomic mass is 9.55. The van der Waals surface area contributed by atoms with Crippen LogP contribution >= 0.6 is 0 Å². The van der Waals surface area contributed by atoms with Gasteiger partial charge in [-0.2, -0.15) is 0 Å². The number of carboxylic acids is 1. The van der Waals surface area contributed by atoms with E-state index < -0.39 is 5.97 Å². The van der Waals surface area contributed by atoms with Crippen molar-refractivity contribution in [3.8, 4) is 0 Å². The summed E-state index contributed by atoms with van der Waals surface area (Å²) in [6, 6.07) is 0.598. The molecule has 0 aromatic heterocycles. The normalized spacial score (nSPS) is 33.2. The van der Waals surface area contributed by atoms with Gasteiger partial charge in [0.25, 0.3) is 0 Å². The van der Waals surface area contributed by atoms with E-state index in [4.69, 9.17) is 5.11 Å². The van der Waals surface area contributed by atoms with Crippen LogP contribution in [0.1, 0.15) is 58.8 Å². The Balaban J connectivity index is 1.52. The third-order valence-electron chi connectivity index (χ3n) is 6.09. The van der Waals surface area contributed by atoms with Crippen LogP contribution in [0.2, 0.25) is 0 Å². The van der Waals surface area contributed by atoms with Gasteiger partial charge in [-0.05, 0) is 44.4 Å². The van der Waals surface area contributed by atoms with Crippen LogP contribution in [0.25, 0.3) is 0 Å². The number of urea groups is 1. The Morgan fingerprint density at radius 1 is 1.18 bits per heavy atom. The molecule has 5 nitrogen and oxygen atoms in total. The smallest absolute Gasteiger partial charge is 0.317 e. The highest BCUT2D eigenvalue weighted by Gasteiger charge is 2.58. The molecule has 2 saturated carbocycles. The van der Waals surface area contributed by atoms with Crippen LogP contribution in [-0.4, -0.2) is 40.6 Å². The average molecular weight is 308 g/mol. The van der Waals surface area contributed by atoms with E-state index >= 15 is 0 Å². The van der Waals surface area contributed by atoms with Crippen molar-refractivity contribution >= 4 is 12.0 Å². The summed E-state index contributed by atoms with van der Waals surface area (Å²) in [5.74, 6) is -0.416. The number of hydrogen-bond acceptors (Lipinski definition) is 2. The molecule has 3 rings (SSSR count). The Morgan fingerprint density at radius 3 is 2.27 bits per heavy atom. The first kappa shape index (κ1) is 15.6. The summed E-state index contributed by atoms with van der Waals surface area (Å²) >= 11 is 0. The van der Waals surface area contributed by atoms with Crippen LogP contribution in [-0.2, 0) is 4.79 Å². The lowest BCUT2D eigenvalue weighted by Crippen LogP contribution is -2.72. The van der Waals surface area contributed by atoms with E-state index in [1.165, 1.54) is 19.3 Å². The molecular weight excluding hydrogens is 280 g/mol. The summed E-state index contributed by atoms with van der Waals surface area (Å²) in [5.41, 5.74) is 0.409. The van der Waals surface area contributed by atoms with Crippen molar-refractivity contribution in [3.63, 3.8) is 0 Å². The Hall–Kier alpha value is -1.26. The SMILES string of the molecule is CC(C)C1N(C(=O)NC2CCC(C(=O)O)CC2)CC12CCC2. The van der Waals surface area contributed by atoms with Crippen LogP contribution in [0.4, 0.5) is 4.79 Å². The molecule has 1 atom stereocenters. The van der Waals surface area contributed by atoms with Gasteiger partial charge in [0.1, 0.15) is 0 Å². The van der Waals surface area contributed by atoms with Crippen LogP contribution in [0.5, 0.6) is 0 Å². The summed E-state index contributed by atoms with van der Waals surface area (Å²) in [6.07, 6.45) is 6.77. The second-order valence-corrected chi connectivity index (χ2v) is 7.87. The van der Waals surface area contributed by atoms with E-state index in [0.717, 1.165) is 19.4 Å². The van der Waals surface area contributed by atoms with Gasteiger partial charge in [-0.25, -0.2) is 4.79 Å². The Kier molecular flexibility index (Phi) is 4.08. The fraction of sp³-hybridized carbons (Fsp3) is 0.882. The third-order valence-corrected chi connectivity index (χ3v) is 6.09. The molecule has 0 aromatic carbocycles. The molecule has 0 radical (unpaired) electrons. The second-order valence-electron chi connectivity index (χ2n) is 7.87. The van der Waals surface area contributed by atoms with Crippen molar-refractivity contribution in [2.24, 2.45) is 17.3 Å². The van der Waals surface area contributed by atoms with Crippen LogP contribution in [0.3, 0.4) is 0 Å². The van der Waals surface area contributed by atoms with Gasteiger partial charge in [0.2, 0.25) is 0 Å². The summed E-state index contributed by atoms with van der Waals surface area (Å²) < 4.78 is 0. The summed E-state index contributed by atoms with van der Waals surface area (Å²) in [7, 11) is 0. The standard InChI is InChI=1S/C17H28N2O3/c1-11(2)14-17(8-3-9-17)10-19(14)16(22)18-13-6-4-12(5-7-13)15(20)21/h11-14H,3-10H2,1-2H3,(H,18,22)(H,20,21). The molecule has 3 aliphatic rings. The quantitative estimate of drug-likeness (QED) is 0.842. The molecule has 1 unspecified atom stereocenters. The number of nitrogens with one attached hydrogen (secondary N) is 1. The first-order valence-corrected chi connectivity index (χ1v) is 8.73. The van der Waals surface area contributed by atoms with Crippen LogP contribution in [0.15, 0.2) is 0 Å². The molecule has 3 fully saturated rings. The number of carbonyl (C=O) groups is 2. The van der Waals surface area contributed by atoms with Gasteiger partial charge < -0.3 is 15.3 Å². The molecule has 0 aromatic rings. The largest absolute Gasteiger partial charge is 0.481 e. The summed E-state index contributed by atoms with van der Waals surface area (Å²) in [5, 5.41) is 12.2.